The van der Waals surface area contributed by atoms with E-state index in [-0.39, 0.29) is 11.9 Å². The summed E-state index contributed by atoms with van der Waals surface area (Å²) in [4.78, 5) is 11.2. The van der Waals surface area contributed by atoms with E-state index in [9.17, 15) is 13.2 Å². The highest BCUT2D eigenvalue weighted by Crippen LogP contribution is 2.32. The molecule has 1 aromatic carbocycles. The van der Waals surface area contributed by atoms with Crippen LogP contribution in [0.3, 0.4) is 0 Å². The highest BCUT2D eigenvalue weighted by atomic mass is 32.2. The van der Waals surface area contributed by atoms with Gasteiger partial charge in [0.2, 0.25) is 5.91 Å². The van der Waals surface area contributed by atoms with E-state index < -0.39 is 10.0 Å². The molecular weight excluding hydrogens is 360 g/mol. The van der Waals surface area contributed by atoms with Gasteiger partial charge in [-0.05, 0) is 48.6 Å². The predicted molar refractivity (Wildman–Crippen MR) is 98.6 cm³/mol. The van der Waals surface area contributed by atoms with Crippen LogP contribution in [0.1, 0.15) is 19.8 Å². The molecule has 0 aliphatic carbocycles. The van der Waals surface area contributed by atoms with Gasteiger partial charge in [-0.3, -0.25) is 9.10 Å². The molecule has 1 aliphatic rings. The Kier molecular flexibility index (Phi) is 5.41. The fraction of sp³-hybridized carbons (Fsp3) is 0.353. The number of hydrogen-bond donors (Lipinski definition) is 1. The Morgan fingerprint density at radius 2 is 1.88 bits per heavy atom. The summed E-state index contributed by atoms with van der Waals surface area (Å²) in [6.45, 7) is 2.53. The second-order valence-electron chi connectivity index (χ2n) is 5.80. The number of sulfonamides is 1. The van der Waals surface area contributed by atoms with E-state index in [1.807, 2.05) is 0 Å². The Labute approximate surface area is 151 Å². The molecular formula is C17H20N2O4S2. The average molecular weight is 380 g/mol. The molecule has 3 rings (SSSR count). The number of ether oxygens (including phenoxy) is 1. The maximum atomic E-state index is 13.2. The molecule has 1 amide bonds. The highest BCUT2D eigenvalue weighted by Gasteiger charge is 2.33. The molecule has 8 heteroatoms. The van der Waals surface area contributed by atoms with Gasteiger partial charge in [-0.2, -0.15) is 0 Å². The largest absolute Gasteiger partial charge is 0.381 e. The fourth-order valence-corrected chi connectivity index (χ4v) is 5.66. The number of nitrogens with one attached hydrogen (secondary N) is 1. The molecule has 0 saturated carbocycles. The molecule has 0 bridgehead atoms. The summed E-state index contributed by atoms with van der Waals surface area (Å²) in [7, 11) is -3.64. The number of benzene rings is 1. The maximum absolute atomic E-state index is 13.2. The number of rotatable bonds is 5. The molecule has 25 heavy (non-hydrogen) atoms. The van der Waals surface area contributed by atoms with Gasteiger partial charge >= 0.3 is 0 Å². The van der Waals surface area contributed by atoms with Crippen molar-refractivity contribution in [1.29, 1.82) is 0 Å². The second-order valence-corrected chi connectivity index (χ2v) is 8.79. The monoisotopic (exact) mass is 380 g/mol. The number of amides is 1. The second kappa shape index (κ2) is 7.55. The summed E-state index contributed by atoms with van der Waals surface area (Å²) in [5.41, 5.74) is 1.23. The normalized spacial score (nSPS) is 15.7. The third kappa shape index (κ3) is 4.02. The van der Waals surface area contributed by atoms with Crippen molar-refractivity contribution in [3.05, 3.63) is 41.8 Å². The third-order valence-corrected chi connectivity index (χ3v) is 7.23. The van der Waals surface area contributed by atoms with Gasteiger partial charge in [0.1, 0.15) is 4.21 Å². The number of carbonyl (C=O) groups is 1. The Balaban J connectivity index is 1.98. The lowest BCUT2D eigenvalue weighted by atomic mass is 10.1. The van der Waals surface area contributed by atoms with Gasteiger partial charge in [-0.25, -0.2) is 8.42 Å². The van der Waals surface area contributed by atoms with Crippen LogP contribution < -0.4 is 9.62 Å². The molecule has 0 unspecified atom stereocenters. The number of anilines is 2. The van der Waals surface area contributed by atoms with Gasteiger partial charge in [-0.1, -0.05) is 6.07 Å². The van der Waals surface area contributed by atoms with Crippen molar-refractivity contribution in [1.82, 2.24) is 0 Å². The molecule has 2 heterocycles. The molecule has 1 fully saturated rings. The summed E-state index contributed by atoms with van der Waals surface area (Å²) in [6, 6.07) is 10.1. The maximum Gasteiger partial charge on any atom is 0.274 e. The summed E-state index contributed by atoms with van der Waals surface area (Å²) in [5, 5.41) is 4.45. The van der Waals surface area contributed by atoms with E-state index in [1.54, 1.807) is 41.8 Å². The first-order valence-corrected chi connectivity index (χ1v) is 10.3. The van der Waals surface area contributed by atoms with Crippen molar-refractivity contribution < 1.29 is 17.9 Å². The number of nitrogens with zero attached hydrogens (tertiary/aromatic N) is 1. The number of hydrogen-bond acceptors (Lipinski definition) is 5. The zero-order valence-corrected chi connectivity index (χ0v) is 15.5. The lowest BCUT2D eigenvalue weighted by Gasteiger charge is -2.34. The smallest absolute Gasteiger partial charge is 0.274 e. The standard InChI is InChI=1S/C17H20N2O4S2/c1-13(20)18-14-4-6-15(7-5-14)19(16-8-10-23-11-9-16)25(21,22)17-3-2-12-24-17/h2-7,12,16H,8-11H2,1H3,(H,18,20). The minimum Gasteiger partial charge on any atom is -0.381 e. The lowest BCUT2D eigenvalue weighted by molar-refractivity contribution is -0.114. The molecule has 134 valence electrons. The summed E-state index contributed by atoms with van der Waals surface area (Å²) in [6.07, 6.45) is 1.30. The van der Waals surface area contributed by atoms with Crippen LogP contribution in [-0.4, -0.2) is 33.6 Å². The van der Waals surface area contributed by atoms with E-state index >= 15 is 0 Å². The molecule has 6 nitrogen and oxygen atoms in total. The van der Waals surface area contributed by atoms with Crippen molar-refractivity contribution >= 4 is 38.6 Å². The highest BCUT2D eigenvalue weighted by molar-refractivity contribution is 7.94. The van der Waals surface area contributed by atoms with Gasteiger partial charge in [-0.15, -0.1) is 11.3 Å². The molecule has 1 N–H and O–H groups in total. The van der Waals surface area contributed by atoms with Crippen molar-refractivity contribution in [2.24, 2.45) is 0 Å². The Bertz CT molecular complexity index is 811. The Hall–Kier alpha value is -1.90. The van der Waals surface area contributed by atoms with Gasteiger partial charge < -0.3 is 10.1 Å². The lowest BCUT2D eigenvalue weighted by Crippen LogP contribution is -2.43. The number of thiophene rings is 1. The molecule has 1 saturated heterocycles. The number of carbonyl (C=O) groups excluding carboxylic acids is 1. The van der Waals surface area contributed by atoms with E-state index in [0.29, 0.717) is 41.6 Å². The first-order chi connectivity index (χ1) is 12.0. The molecule has 0 spiro atoms. The van der Waals surface area contributed by atoms with Crippen LogP contribution in [-0.2, 0) is 19.6 Å². The van der Waals surface area contributed by atoms with Crippen LogP contribution in [0.5, 0.6) is 0 Å². The van der Waals surface area contributed by atoms with Crippen LogP contribution in [0.25, 0.3) is 0 Å². The fourth-order valence-electron chi connectivity index (χ4n) is 2.87. The van der Waals surface area contributed by atoms with Crippen molar-refractivity contribution in [3.8, 4) is 0 Å². The minimum absolute atomic E-state index is 0.146. The van der Waals surface area contributed by atoms with Crippen LogP contribution in [0, 0.1) is 0 Å². The molecule has 1 aromatic heterocycles. The summed E-state index contributed by atoms with van der Waals surface area (Å²) < 4.78 is 33.6. The van der Waals surface area contributed by atoms with Gasteiger partial charge in [0.05, 0.1) is 5.69 Å². The quantitative estimate of drug-likeness (QED) is 0.865. The molecule has 0 atom stereocenters. The van der Waals surface area contributed by atoms with Crippen LogP contribution >= 0.6 is 11.3 Å². The zero-order valence-electron chi connectivity index (χ0n) is 13.8. The van der Waals surface area contributed by atoms with Crippen molar-refractivity contribution in [2.45, 2.75) is 30.0 Å². The predicted octanol–water partition coefficient (Wildman–Crippen LogP) is 3.08. The van der Waals surface area contributed by atoms with Crippen LogP contribution in [0.15, 0.2) is 46.0 Å². The summed E-state index contributed by atoms with van der Waals surface area (Å²) >= 11 is 1.21. The van der Waals surface area contributed by atoms with Gasteiger partial charge in [0.25, 0.3) is 10.0 Å². The minimum atomic E-state index is -3.64. The van der Waals surface area contributed by atoms with Crippen LogP contribution in [0.2, 0.25) is 0 Å². The zero-order chi connectivity index (χ0) is 17.9. The van der Waals surface area contributed by atoms with E-state index in [2.05, 4.69) is 5.32 Å². The molecule has 2 aromatic rings. The third-order valence-electron chi connectivity index (χ3n) is 3.97. The van der Waals surface area contributed by atoms with E-state index in [0.717, 1.165) is 0 Å². The topological polar surface area (TPSA) is 75.7 Å². The van der Waals surface area contributed by atoms with Crippen molar-refractivity contribution in [3.63, 3.8) is 0 Å². The van der Waals surface area contributed by atoms with Gasteiger partial charge in [0.15, 0.2) is 0 Å². The molecule has 1 aliphatic heterocycles. The Morgan fingerprint density at radius 3 is 2.44 bits per heavy atom. The van der Waals surface area contributed by atoms with Gasteiger partial charge in [0, 0.05) is 31.9 Å². The first kappa shape index (κ1) is 17.9. The first-order valence-electron chi connectivity index (χ1n) is 8.02. The molecule has 0 radical (unpaired) electrons. The summed E-state index contributed by atoms with van der Waals surface area (Å²) in [5.74, 6) is -0.166. The van der Waals surface area contributed by atoms with E-state index in [1.165, 1.54) is 22.6 Å². The van der Waals surface area contributed by atoms with Crippen molar-refractivity contribution in [2.75, 3.05) is 22.8 Å². The Morgan fingerprint density at radius 1 is 1.20 bits per heavy atom. The van der Waals surface area contributed by atoms with Crippen LogP contribution in [0.4, 0.5) is 11.4 Å². The SMILES string of the molecule is CC(=O)Nc1ccc(N(C2CCOCC2)S(=O)(=O)c2cccs2)cc1. The average Bonchev–Trinajstić information content (AvgIpc) is 3.12. The van der Waals surface area contributed by atoms with E-state index in [4.69, 9.17) is 4.74 Å².